The zero-order valence-electron chi connectivity index (χ0n) is 55.4. The Morgan fingerprint density at radius 1 is 0.562 bits per heavy atom. The Kier molecular flexibility index (Phi) is 23.8. The lowest BCUT2D eigenvalue weighted by atomic mass is 9.35. The summed E-state index contributed by atoms with van der Waals surface area (Å²) in [4.78, 5) is 14.9. The lowest BCUT2D eigenvalue weighted by Gasteiger charge is -2.70. The number of ketones is 1. The van der Waals surface area contributed by atoms with Crippen molar-refractivity contribution in [3.05, 3.63) is 11.6 Å². The number of carbonyl (C=O) groups is 1. The summed E-state index contributed by atoms with van der Waals surface area (Å²) in [5.41, 5.74) is -3.84. The highest BCUT2D eigenvalue weighted by molar-refractivity contribution is 5.86. The number of Topliss-reactive ketones (excluding diaryl/α,β-unsaturated/α-hetero) is 1. The molecule has 10 fully saturated rings. The molecule has 32 nitrogen and oxygen atoms in total. The summed E-state index contributed by atoms with van der Waals surface area (Å²) in [5.74, 6) is -1.86. The van der Waals surface area contributed by atoms with Crippen LogP contribution in [0.3, 0.4) is 0 Å². The molecule has 0 aromatic carbocycles. The van der Waals surface area contributed by atoms with E-state index in [0.717, 1.165) is 5.57 Å². The lowest BCUT2D eigenvalue weighted by molar-refractivity contribution is -0.401. The van der Waals surface area contributed by atoms with Crippen LogP contribution in [0.15, 0.2) is 11.6 Å². The molecule has 0 bridgehead atoms. The molecule has 32 heteroatoms. The van der Waals surface area contributed by atoms with Crippen LogP contribution < -0.4 is 0 Å². The highest BCUT2D eigenvalue weighted by Crippen LogP contribution is 2.75. The lowest BCUT2D eigenvalue weighted by Crippen LogP contribution is -2.67. The smallest absolute Gasteiger partial charge is 0.187 e. The number of carbonyl (C=O) groups excluding carboxylic acids is 1. The third-order valence-corrected chi connectivity index (χ3v) is 23.8. The number of hydrogen-bond acceptors (Lipinski definition) is 32. The van der Waals surface area contributed by atoms with Crippen LogP contribution in [0, 0.1) is 45.3 Å². The van der Waals surface area contributed by atoms with Crippen molar-refractivity contribution >= 4 is 5.78 Å². The molecule has 38 atom stereocenters. The van der Waals surface area contributed by atoms with Gasteiger partial charge in [-0.1, -0.05) is 39.3 Å². The number of rotatable bonds is 20. The molecular formula is C64H106O32. The Balaban J connectivity index is 0.906. The normalized spacial score (nSPS) is 52.3. The molecule has 4 aliphatic carbocycles. The van der Waals surface area contributed by atoms with Gasteiger partial charge in [-0.05, 0) is 100 Å². The van der Waals surface area contributed by atoms with Crippen molar-refractivity contribution in [3.63, 3.8) is 0 Å². The molecule has 19 N–H and O–H groups in total. The summed E-state index contributed by atoms with van der Waals surface area (Å²) in [7, 11) is 0. The van der Waals surface area contributed by atoms with E-state index in [1.165, 1.54) is 6.92 Å². The second kappa shape index (κ2) is 29.7. The van der Waals surface area contributed by atoms with Crippen LogP contribution in [0.1, 0.15) is 107 Å². The first kappa shape index (κ1) is 76.8. The Morgan fingerprint density at radius 2 is 1.11 bits per heavy atom. The van der Waals surface area contributed by atoms with Crippen molar-refractivity contribution < 1.29 is 159 Å². The fourth-order valence-corrected chi connectivity index (χ4v) is 18.6. The third kappa shape index (κ3) is 14.0. The van der Waals surface area contributed by atoms with E-state index in [1.54, 1.807) is 26.8 Å². The SMILES string of the molecule is CC(C)=C[C@@H](C[C@](C)(O)C1C(=O)C[C@]2(CO)C1CCC1[C@@]3(C)CC[C@H](O[C@@H]4OC[C@H](O)[C@H](O[C@@H]5O[C@H](CO[C@@H]6O[C@H](CO)[C@@H](O)[C@H](O)[C@H]6O)[C@@H](O)[C@H](O)[C@H]5O[C@@H]5OC[C@@H](O)[C@H](O)[C@H]5O)[C@H]4O[C@@H]4O[C@@H](C)[C@H](O)[C@@H](O)[C@H]4O)C(C)(C)C3CC[C@]12C)O[C@@H]1O[C@H](CO)[C@@H](O)[C@H](O)[C@H]1O. The quantitative estimate of drug-likeness (QED) is 0.0398. The van der Waals surface area contributed by atoms with Gasteiger partial charge in [-0.3, -0.25) is 4.79 Å². The molecule has 6 heterocycles. The zero-order valence-corrected chi connectivity index (χ0v) is 55.4. The Bertz CT molecular complexity index is 2620. The second-order valence-electron chi connectivity index (χ2n) is 30.4. The monoisotopic (exact) mass is 1390 g/mol. The van der Waals surface area contributed by atoms with Crippen molar-refractivity contribution in [1.82, 2.24) is 0 Å². The van der Waals surface area contributed by atoms with Gasteiger partial charge in [0, 0.05) is 30.8 Å². The summed E-state index contributed by atoms with van der Waals surface area (Å²) in [6.45, 7) is 11.3. The average molecular weight is 1390 g/mol. The van der Waals surface area contributed by atoms with E-state index in [1.807, 2.05) is 0 Å². The summed E-state index contributed by atoms with van der Waals surface area (Å²) in [6.07, 6.45) is -45.6. The van der Waals surface area contributed by atoms with Gasteiger partial charge in [0.15, 0.2) is 37.7 Å². The molecular weight excluding hydrogens is 1280 g/mol. The number of hydrogen-bond donors (Lipinski definition) is 19. The molecule has 96 heavy (non-hydrogen) atoms. The van der Waals surface area contributed by atoms with E-state index >= 15 is 0 Å². The number of fused-ring (bicyclic) bond motifs is 5. The highest BCUT2D eigenvalue weighted by atomic mass is 16.8. The fraction of sp³-hybridized carbons (Fsp3) is 0.953. The average Bonchev–Trinajstić information content (AvgIpc) is 1.28. The first-order valence-corrected chi connectivity index (χ1v) is 33.7. The van der Waals surface area contributed by atoms with Gasteiger partial charge in [-0.25, -0.2) is 0 Å². The molecule has 554 valence electrons. The fourth-order valence-electron chi connectivity index (χ4n) is 18.6. The maximum Gasteiger partial charge on any atom is 0.187 e. The molecule has 4 saturated carbocycles. The number of allylic oxidation sites excluding steroid dienone is 1. The van der Waals surface area contributed by atoms with Crippen LogP contribution in [0.4, 0.5) is 0 Å². The number of aliphatic hydroxyl groups is 19. The minimum atomic E-state index is -2.10. The molecule has 0 aromatic rings. The molecule has 0 amide bonds. The van der Waals surface area contributed by atoms with E-state index in [2.05, 4.69) is 27.7 Å². The van der Waals surface area contributed by atoms with E-state index in [4.69, 9.17) is 56.8 Å². The van der Waals surface area contributed by atoms with E-state index in [0.29, 0.717) is 38.5 Å². The summed E-state index contributed by atoms with van der Waals surface area (Å²) >= 11 is 0. The standard InChI is InChI=1S/C64H106O32/c1-24(2)15-26(89-57-50(83)45(78)41(74)32(19-66)91-57)16-63(8,84)37-27-9-10-35-61(6)13-12-36(60(4,5)34(61)11-14-62(35,7)64(27,23-67)17-28(37)68)93-58-53(96-56-49(82)43(76)38(71)25(3)88-56)51(30(70)21-86-58)94-59-52(95-55-47(80)39(72)29(69)20-85-55)46(79)42(75)33(92-59)22-87-54-48(81)44(77)40(73)31(18-65)90-54/h15,25-27,29-59,65-67,69-84H,9-14,16-23H2,1-8H3/t25-,26-,27?,29+,30-,31+,32+,33+,34?,35?,36-,37?,38-,39-,40+,41+,42+,43+,44-,45-,46-,47+,48+,49+,50+,51-,52+,53+,54+,55-,56-,57+,58-,59-,61-,62+,63-,64-/m0/s1. The molecule has 10 rings (SSSR count). The van der Waals surface area contributed by atoms with Gasteiger partial charge in [-0.2, -0.15) is 0 Å². The van der Waals surface area contributed by atoms with Gasteiger partial charge in [0.05, 0.1) is 56.9 Å². The Hall–Kier alpha value is -1.83. The predicted molar refractivity (Wildman–Crippen MR) is 320 cm³/mol. The number of ether oxygens (including phenoxy) is 12. The number of aliphatic hydroxyl groups excluding tert-OH is 18. The maximum absolute atomic E-state index is 14.9. The van der Waals surface area contributed by atoms with Gasteiger partial charge in [0.2, 0.25) is 0 Å². The van der Waals surface area contributed by atoms with Crippen LogP contribution in [-0.2, 0) is 61.6 Å². The molecule has 0 spiro atoms. The topological polar surface area (TPSA) is 512 Å². The summed E-state index contributed by atoms with van der Waals surface area (Å²) < 4.78 is 73.3. The molecule has 6 aliphatic heterocycles. The van der Waals surface area contributed by atoms with Crippen LogP contribution in [0.2, 0.25) is 0 Å². The largest absolute Gasteiger partial charge is 0.396 e. The van der Waals surface area contributed by atoms with Crippen molar-refractivity contribution in [2.75, 3.05) is 39.6 Å². The van der Waals surface area contributed by atoms with Crippen LogP contribution in [0.25, 0.3) is 0 Å². The van der Waals surface area contributed by atoms with Gasteiger partial charge in [0.1, 0.15) is 134 Å². The van der Waals surface area contributed by atoms with Crippen molar-refractivity contribution in [1.29, 1.82) is 0 Å². The minimum Gasteiger partial charge on any atom is -0.396 e. The molecule has 4 unspecified atom stereocenters. The van der Waals surface area contributed by atoms with Crippen molar-refractivity contribution in [3.8, 4) is 0 Å². The molecule has 6 saturated heterocycles. The van der Waals surface area contributed by atoms with Crippen molar-refractivity contribution in [2.45, 2.75) is 297 Å². The second-order valence-corrected chi connectivity index (χ2v) is 30.4. The van der Waals surface area contributed by atoms with Crippen molar-refractivity contribution in [2.24, 2.45) is 45.3 Å². The van der Waals surface area contributed by atoms with Crippen LogP contribution >= 0.6 is 0 Å². The van der Waals surface area contributed by atoms with Gasteiger partial charge < -0.3 is 154 Å². The van der Waals surface area contributed by atoms with Crippen LogP contribution in [0.5, 0.6) is 0 Å². The Labute approximate surface area is 556 Å². The zero-order chi connectivity index (χ0) is 70.4. The molecule has 10 aliphatic rings. The highest BCUT2D eigenvalue weighted by Gasteiger charge is 2.73. The first-order chi connectivity index (χ1) is 45.0. The van der Waals surface area contributed by atoms with E-state index in [-0.39, 0.29) is 37.1 Å². The van der Waals surface area contributed by atoms with E-state index in [9.17, 15) is 102 Å². The summed E-state index contributed by atoms with van der Waals surface area (Å²) in [6, 6.07) is 0. The first-order valence-electron chi connectivity index (χ1n) is 33.7. The van der Waals surface area contributed by atoms with Gasteiger partial charge in [-0.15, -0.1) is 0 Å². The molecule has 0 aromatic heterocycles. The molecule has 0 radical (unpaired) electrons. The Morgan fingerprint density at radius 3 is 1.75 bits per heavy atom. The van der Waals surface area contributed by atoms with Gasteiger partial charge >= 0.3 is 0 Å². The maximum atomic E-state index is 14.9. The third-order valence-electron chi connectivity index (χ3n) is 23.8. The van der Waals surface area contributed by atoms with Crippen LogP contribution in [-0.4, -0.2) is 332 Å². The minimum absolute atomic E-state index is 0.0130. The van der Waals surface area contributed by atoms with Gasteiger partial charge in [0.25, 0.3) is 0 Å². The summed E-state index contributed by atoms with van der Waals surface area (Å²) in [5, 5.41) is 209. The van der Waals surface area contributed by atoms with E-state index < -0.39 is 256 Å². The predicted octanol–water partition coefficient (Wildman–Crippen LogP) is -6.10.